The molecule has 5 rings (SSSR count). The van der Waals surface area contributed by atoms with E-state index in [9.17, 15) is 4.79 Å². The first-order chi connectivity index (χ1) is 14.7. The minimum atomic E-state index is 0.0802. The van der Waals surface area contributed by atoms with Gasteiger partial charge in [-0.1, -0.05) is 48.5 Å². The fraction of sp³-hybridized carbons (Fsp3) is 0.0741. The lowest BCUT2D eigenvalue weighted by Crippen LogP contribution is -1.96. The van der Waals surface area contributed by atoms with Crippen molar-refractivity contribution in [1.29, 1.82) is 0 Å². The maximum Gasteiger partial charge on any atom is 0.194 e. The third-order valence-corrected chi connectivity index (χ3v) is 5.67. The predicted octanol–water partition coefficient (Wildman–Crippen LogP) is 6.25. The fourth-order valence-corrected chi connectivity index (χ4v) is 4.09. The molecule has 146 valence electrons. The molecule has 0 bridgehead atoms. The highest BCUT2D eigenvalue weighted by atomic mass is 16.5. The summed E-state index contributed by atoms with van der Waals surface area (Å²) in [5, 5.41) is 0. The van der Waals surface area contributed by atoms with Crippen molar-refractivity contribution < 1.29 is 14.3 Å². The number of carbonyl (C=O) groups excluding carboxylic acids is 1. The van der Waals surface area contributed by atoms with E-state index < -0.39 is 0 Å². The van der Waals surface area contributed by atoms with E-state index in [0.717, 1.165) is 56.0 Å². The normalized spacial score (nSPS) is 11.7. The first-order valence-corrected chi connectivity index (χ1v) is 9.80. The van der Waals surface area contributed by atoms with E-state index in [0.29, 0.717) is 0 Å². The highest BCUT2D eigenvalue weighted by Gasteiger charge is 2.28. The summed E-state index contributed by atoms with van der Waals surface area (Å²) in [5.74, 6) is 1.69. The lowest BCUT2D eigenvalue weighted by Gasteiger charge is -2.14. The van der Waals surface area contributed by atoms with E-state index in [-0.39, 0.29) is 5.78 Å². The summed E-state index contributed by atoms with van der Waals surface area (Å²) in [4.78, 5) is 13.1. The molecule has 3 heteroatoms. The van der Waals surface area contributed by atoms with Gasteiger partial charge >= 0.3 is 0 Å². The van der Waals surface area contributed by atoms with Crippen molar-refractivity contribution in [1.82, 2.24) is 0 Å². The number of hydrogen-bond acceptors (Lipinski definition) is 3. The van der Waals surface area contributed by atoms with Crippen LogP contribution in [0.4, 0.5) is 0 Å². The maximum atomic E-state index is 13.1. The van der Waals surface area contributed by atoms with E-state index in [1.54, 1.807) is 14.2 Å². The van der Waals surface area contributed by atoms with Gasteiger partial charge in [-0.25, -0.2) is 0 Å². The molecule has 1 aliphatic rings. The van der Waals surface area contributed by atoms with Gasteiger partial charge in [0.25, 0.3) is 0 Å². The fourth-order valence-electron chi connectivity index (χ4n) is 4.09. The number of rotatable bonds is 4. The molecule has 0 atom stereocenters. The molecule has 0 aromatic heterocycles. The Morgan fingerprint density at radius 3 is 1.47 bits per heavy atom. The standard InChI is InChI=1S/C27H20O3/c1-29-19-11-7-17(8-12-19)23-15-25-21-5-3-4-6-22(21)27(28)26(25)16-24(23)18-9-13-20(30-2)14-10-18/h3-16H,1-2H3. The molecule has 0 heterocycles. The highest BCUT2D eigenvalue weighted by molar-refractivity contribution is 6.22. The molecule has 0 fully saturated rings. The molecule has 0 radical (unpaired) electrons. The van der Waals surface area contributed by atoms with Crippen LogP contribution in [0.15, 0.2) is 84.9 Å². The summed E-state index contributed by atoms with van der Waals surface area (Å²) in [6.07, 6.45) is 0. The molecule has 0 saturated carbocycles. The second kappa shape index (κ2) is 7.20. The van der Waals surface area contributed by atoms with E-state index >= 15 is 0 Å². The van der Waals surface area contributed by atoms with Gasteiger partial charge in [0, 0.05) is 11.1 Å². The summed E-state index contributed by atoms with van der Waals surface area (Å²) in [5.41, 5.74) is 7.69. The molecular formula is C27H20O3. The topological polar surface area (TPSA) is 35.5 Å². The Morgan fingerprint density at radius 1 is 0.500 bits per heavy atom. The molecule has 0 saturated heterocycles. The minimum absolute atomic E-state index is 0.0802. The van der Waals surface area contributed by atoms with Gasteiger partial charge in [0.15, 0.2) is 5.78 Å². The average Bonchev–Trinajstić information content (AvgIpc) is 3.10. The first-order valence-electron chi connectivity index (χ1n) is 9.80. The van der Waals surface area contributed by atoms with Gasteiger partial charge in [0.1, 0.15) is 11.5 Å². The Balaban J connectivity index is 1.75. The second-order valence-electron chi connectivity index (χ2n) is 7.28. The van der Waals surface area contributed by atoms with Crippen LogP contribution in [0.5, 0.6) is 11.5 Å². The van der Waals surface area contributed by atoms with Gasteiger partial charge in [-0.05, 0) is 69.8 Å². The summed E-state index contributed by atoms with van der Waals surface area (Å²) in [6, 6.07) is 27.9. The molecule has 30 heavy (non-hydrogen) atoms. The Kier molecular flexibility index (Phi) is 4.36. The zero-order valence-corrected chi connectivity index (χ0v) is 16.8. The second-order valence-corrected chi connectivity index (χ2v) is 7.28. The largest absolute Gasteiger partial charge is 0.497 e. The van der Waals surface area contributed by atoms with Crippen LogP contribution in [0.25, 0.3) is 33.4 Å². The molecule has 0 spiro atoms. The van der Waals surface area contributed by atoms with Crippen LogP contribution < -0.4 is 9.47 Å². The summed E-state index contributed by atoms with van der Waals surface area (Å²) in [6.45, 7) is 0. The van der Waals surface area contributed by atoms with Gasteiger partial charge in [-0.3, -0.25) is 4.79 Å². The number of benzene rings is 4. The molecule has 0 unspecified atom stereocenters. The number of hydrogen-bond donors (Lipinski definition) is 0. The Bertz CT molecular complexity index is 1250. The van der Waals surface area contributed by atoms with E-state index in [1.807, 2.05) is 66.7 Å². The predicted molar refractivity (Wildman–Crippen MR) is 119 cm³/mol. The van der Waals surface area contributed by atoms with Crippen molar-refractivity contribution in [2.75, 3.05) is 14.2 Å². The Morgan fingerprint density at radius 2 is 0.967 bits per heavy atom. The summed E-state index contributed by atoms with van der Waals surface area (Å²) < 4.78 is 10.6. The molecular weight excluding hydrogens is 372 g/mol. The third kappa shape index (κ3) is 2.87. The van der Waals surface area contributed by atoms with Crippen LogP contribution in [0.3, 0.4) is 0 Å². The molecule has 0 N–H and O–H groups in total. The van der Waals surface area contributed by atoms with Gasteiger partial charge < -0.3 is 9.47 Å². The monoisotopic (exact) mass is 392 g/mol. The van der Waals surface area contributed by atoms with Crippen molar-refractivity contribution in [2.45, 2.75) is 0 Å². The number of methoxy groups -OCH3 is 2. The third-order valence-electron chi connectivity index (χ3n) is 5.67. The van der Waals surface area contributed by atoms with E-state index in [4.69, 9.17) is 9.47 Å². The molecule has 1 aliphatic carbocycles. The maximum absolute atomic E-state index is 13.1. The molecule has 3 nitrogen and oxygen atoms in total. The van der Waals surface area contributed by atoms with E-state index in [1.165, 1.54) is 0 Å². The van der Waals surface area contributed by atoms with Crippen LogP contribution in [-0.2, 0) is 0 Å². The minimum Gasteiger partial charge on any atom is -0.497 e. The Labute approximate surface area is 175 Å². The van der Waals surface area contributed by atoms with Crippen molar-refractivity contribution in [3.63, 3.8) is 0 Å². The number of ether oxygens (including phenoxy) is 2. The molecule has 4 aromatic rings. The van der Waals surface area contributed by atoms with Gasteiger partial charge in [-0.15, -0.1) is 0 Å². The van der Waals surface area contributed by atoms with Crippen LogP contribution in [0.2, 0.25) is 0 Å². The van der Waals surface area contributed by atoms with Crippen molar-refractivity contribution in [2.24, 2.45) is 0 Å². The zero-order chi connectivity index (χ0) is 20.7. The van der Waals surface area contributed by atoms with Crippen LogP contribution in [0, 0.1) is 0 Å². The van der Waals surface area contributed by atoms with Crippen molar-refractivity contribution >= 4 is 5.78 Å². The van der Waals surface area contributed by atoms with Crippen molar-refractivity contribution in [3.05, 3.63) is 96.1 Å². The SMILES string of the molecule is COc1ccc(-c2cc3c(cc2-c2ccc(OC)cc2)-c2ccccc2C3=O)cc1. The lowest BCUT2D eigenvalue weighted by atomic mass is 9.90. The van der Waals surface area contributed by atoms with Gasteiger partial charge in [0.05, 0.1) is 14.2 Å². The Hall–Kier alpha value is -3.85. The van der Waals surface area contributed by atoms with E-state index in [2.05, 4.69) is 18.2 Å². The zero-order valence-electron chi connectivity index (χ0n) is 16.8. The quantitative estimate of drug-likeness (QED) is 0.363. The van der Waals surface area contributed by atoms with Crippen LogP contribution in [0.1, 0.15) is 15.9 Å². The molecule has 0 amide bonds. The smallest absolute Gasteiger partial charge is 0.194 e. The van der Waals surface area contributed by atoms with Crippen LogP contribution in [-0.4, -0.2) is 20.0 Å². The number of carbonyl (C=O) groups is 1. The molecule has 4 aromatic carbocycles. The van der Waals surface area contributed by atoms with Crippen molar-refractivity contribution in [3.8, 4) is 44.9 Å². The van der Waals surface area contributed by atoms with Gasteiger partial charge in [0.2, 0.25) is 0 Å². The number of ketones is 1. The average molecular weight is 392 g/mol. The lowest BCUT2D eigenvalue weighted by molar-refractivity contribution is 0.104. The number of fused-ring (bicyclic) bond motifs is 3. The van der Waals surface area contributed by atoms with Crippen LogP contribution >= 0.6 is 0 Å². The highest BCUT2D eigenvalue weighted by Crippen LogP contribution is 2.43. The molecule has 0 aliphatic heterocycles. The first kappa shape index (κ1) is 18.2. The summed E-state index contributed by atoms with van der Waals surface area (Å²) >= 11 is 0. The summed E-state index contributed by atoms with van der Waals surface area (Å²) in [7, 11) is 3.32. The van der Waals surface area contributed by atoms with Gasteiger partial charge in [-0.2, -0.15) is 0 Å².